The molecule has 0 unspecified atom stereocenters. The highest BCUT2D eigenvalue weighted by atomic mass is 32.2. The van der Waals surface area contributed by atoms with Gasteiger partial charge in [-0.3, -0.25) is 4.79 Å². The quantitative estimate of drug-likeness (QED) is 0.637. The van der Waals surface area contributed by atoms with Gasteiger partial charge in [0.25, 0.3) is 0 Å². The summed E-state index contributed by atoms with van der Waals surface area (Å²) in [5, 5.41) is 0. The summed E-state index contributed by atoms with van der Waals surface area (Å²) in [6.45, 7) is 0. The Morgan fingerprint density at radius 1 is 1.35 bits per heavy atom. The molecule has 2 rings (SSSR count). The molecule has 0 bridgehead atoms. The number of rotatable bonds is 4. The zero-order valence-electron chi connectivity index (χ0n) is 9.82. The molecule has 0 spiro atoms. The number of nitrogens with two attached hydrogens (primary N) is 2. The standard InChI is InChI=1S/C13H18N2OS/c14-10-5-6-11(13(15)16)12(7-10)17-8-9-3-1-2-4-9/h5-7,9H,1-4,8,14H2,(H2,15,16). The Hall–Kier alpha value is -1.16. The number of benzene rings is 1. The first-order valence-electron chi connectivity index (χ1n) is 5.99. The van der Waals surface area contributed by atoms with Crippen LogP contribution in [0.4, 0.5) is 5.69 Å². The molecule has 1 aromatic carbocycles. The topological polar surface area (TPSA) is 69.1 Å². The van der Waals surface area contributed by atoms with Crippen LogP contribution in [0, 0.1) is 5.92 Å². The van der Waals surface area contributed by atoms with E-state index in [2.05, 4.69) is 0 Å². The van der Waals surface area contributed by atoms with Crippen LogP contribution in [-0.4, -0.2) is 11.7 Å². The van der Waals surface area contributed by atoms with Crippen LogP contribution in [0.3, 0.4) is 0 Å². The highest BCUT2D eigenvalue weighted by Gasteiger charge is 2.16. The van der Waals surface area contributed by atoms with Crippen LogP contribution in [0.25, 0.3) is 0 Å². The number of primary amides is 1. The van der Waals surface area contributed by atoms with Crippen LogP contribution in [0.1, 0.15) is 36.0 Å². The summed E-state index contributed by atoms with van der Waals surface area (Å²) < 4.78 is 0. The van der Waals surface area contributed by atoms with E-state index in [1.54, 1.807) is 23.9 Å². The first-order chi connectivity index (χ1) is 8.16. The molecule has 0 heterocycles. The summed E-state index contributed by atoms with van der Waals surface area (Å²) >= 11 is 1.71. The molecule has 92 valence electrons. The third kappa shape index (κ3) is 3.16. The summed E-state index contributed by atoms with van der Waals surface area (Å²) in [5.74, 6) is 1.46. The largest absolute Gasteiger partial charge is 0.399 e. The van der Waals surface area contributed by atoms with Gasteiger partial charge in [0, 0.05) is 16.3 Å². The molecule has 0 atom stereocenters. The maximum absolute atomic E-state index is 11.3. The minimum Gasteiger partial charge on any atom is -0.399 e. The van der Waals surface area contributed by atoms with Crippen molar-refractivity contribution < 1.29 is 4.79 Å². The van der Waals surface area contributed by atoms with Crippen molar-refractivity contribution in [1.29, 1.82) is 0 Å². The smallest absolute Gasteiger partial charge is 0.249 e. The molecule has 3 nitrogen and oxygen atoms in total. The third-order valence-electron chi connectivity index (χ3n) is 3.22. The van der Waals surface area contributed by atoms with E-state index in [1.165, 1.54) is 25.7 Å². The maximum Gasteiger partial charge on any atom is 0.249 e. The molecule has 1 amide bonds. The van der Waals surface area contributed by atoms with Crippen LogP contribution in [-0.2, 0) is 0 Å². The molecule has 4 N–H and O–H groups in total. The van der Waals surface area contributed by atoms with E-state index >= 15 is 0 Å². The molecule has 4 heteroatoms. The first kappa shape index (κ1) is 12.3. The second-order valence-corrected chi connectivity index (χ2v) is 5.64. The number of thioether (sulfide) groups is 1. The normalized spacial score (nSPS) is 16.2. The van der Waals surface area contributed by atoms with Crippen molar-refractivity contribution in [2.24, 2.45) is 11.7 Å². The van der Waals surface area contributed by atoms with Gasteiger partial charge in [0.1, 0.15) is 0 Å². The Kier molecular flexibility index (Phi) is 3.94. The zero-order chi connectivity index (χ0) is 12.3. The summed E-state index contributed by atoms with van der Waals surface area (Å²) in [5.41, 5.74) is 12.4. The van der Waals surface area contributed by atoms with E-state index in [0.717, 1.165) is 16.6 Å². The summed E-state index contributed by atoms with van der Waals surface area (Å²) in [6, 6.07) is 5.29. The van der Waals surface area contributed by atoms with Gasteiger partial charge in [0.05, 0.1) is 5.56 Å². The maximum atomic E-state index is 11.3. The summed E-state index contributed by atoms with van der Waals surface area (Å²) in [6.07, 6.45) is 5.29. The molecule has 0 aromatic heterocycles. The molecule has 17 heavy (non-hydrogen) atoms. The molecule has 1 aromatic rings. The lowest BCUT2D eigenvalue weighted by Gasteiger charge is -2.11. The number of carbonyl (C=O) groups is 1. The van der Waals surface area contributed by atoms with Crippen molar-refractivity contribution in [3.05, 3.63) is 23.8 Å². The van der Waals surface area contributed by atoms with E-state index in [4.69, 9.17) is 11.5 Å². The summed E-state index contributed by atoms with van der Waals surface area (Å²) in [7, 11) is 0. The number of anilines is 1. The molecule has 1 aliphatic rings. The predicted octanol–water partition coefficient (Wildman–Crippen LogP) is 2.65. The minimum absolute atomic E-state index is 0.376. The highest BCUT2D eigenvalue weighted by Crippen LogP contribution is 2.33. The lowest BCUT2D eigenvalue weighted by Crippen LogP contribution is -2.12. The van der Waals surface area contributed by atoms with Crippen LogP contribution in [0.15, 0.2) is 23.1 Å². The van der Waals surface area contributed by atoms with Gasteiger partial charge in [0.15, 0.2) is 0 Å². The van der Waals surface area contributed by atoms with Gasteiger partial charge >= 0.3 is 0 Å². The van der Waals surface area contributed by atoms with Gasteiger partial charge in [-0.05, 0) is 37.0 Å². The lowest BCUT2D eigenvalue weighted by atomic mass is 10.1. The summed E-state index contributed by atoms with van der Waals surface area (Å²) in [4.78, 5) is 12.2. The van der Waals surface area contributed by atoms with Crippen LogP contribution >= 0.6 is 11.8 Å². The molecule has 1 fully saturated rings. The number of hydrogen-bond acceptors (Lipinski definition) is 3. The Labute approximate surface area is 106 Å². The average molecular weight is 250 g/mol. The molecular formula is C13H18N2OS. The second kappa shape index (κ2) is 5.45. The van der Waals surface area contributed by atoms with E-state index in [1.807, 2.05) is 6.07 Å². The molecular weight excluding hydrogens is 232 g/mol. The minimum atomic E-state index is -0.376. The Balaban J connectivity index is 2.07. The molecule has 1 saturated carbocycles. The van der Waals surface area contributed by atoms with E-state index in [-0.39, 0.29) is 5.91 Å². The highest BCUT2D eigenvalue weighted by molar-refractivity contribution is 7.99. The van der Waals surface area contributed by atoms with Gasteiger partial charge in [-0.2, -0.15) is 0 Å². The van der Waals surface area contributed by atoms with Crippen LogP contribution < -0.4 is 11.5 Å². The fourth-order valence-corrected chi connectivity index (χ4v) is 3.54. The molecule has 0 radical (unpaired) electrons. The lowest BCUT2D eigenvalue weighted by molar-refractivity contribution is 0.0997. The van der Waals surface area contributed by atoms with Crippen molar-refractivity contribution in [2.75, 3.05) is 11.5 Å². The number of amides is 1. The third-order valence-corrected chi connectivity index (χ3v) is 4.51. The monoisotopic (exact) mass is 250 g/mol. The molecule has 0 saturated heterocycles. The van der Waals surface area contributed by atoms with Crippen molar-refractivity contribution in [3.8, 4) is 0 Å². The van der Waals surface area contributed by atoms with Crippen molar-refractivity contribution in [3.63, 3.8) is 0 Å². The Bertz CT molecular complexity index is 414. The number of hydrogen-bond donors (Lipinski definition) is 2. The van der Waals surface area contributed by atoms with Gasteiger partial charge in [0.2, 0.25) is 5.91 Å². The fraction of sp³-hybridized carbons (Fsp3) is 0.462. The average Bonchev–Trinajstić information content (AvgIpc) is 2.78. The SMILES string of the molecule is NC(=O)c1ccc(N)cc1SCC1CCCC1. The first-order valence-corrected chi connectivity index (χ1v) is 6.97. The van der Waals surface area contributed by atoms with Crippen LogP contribution in [0.5, 0.6) is 0 Å². The van der Waals surface area contributed by atoms with Crippen molar-refractivity contribution in [1.82, 2.24) is 0 Å². The second-order valence-electron chi connectivity index (χ2n) is 4.58. The number of nitrogen functional groups attached to an aromatic ring is 1. The van der Waals surface area contributed by atoms with Crippen molar-refractivity contribution in [2.45, 2.75) is 30.6 Å². The number of carbonyl (C=O) groups excluding carboxylic acids is 1. The Morgan fingerprint density at radius 2 is 2.06 bits per heavy atom. The van der Waals surface area contributed by atoms with Gasteiger partial charge in [-0.15, -0.1) is 11.8 Å². The van der Waals surface area contributed by atoms with Gasteiger partial charge in [-0.1, -0.05) is 12.8 Å². The van der Waals surface area contributed by atoms with Gasteiger partial charge < -0.3 is 11.5 Å². The van der Waals surface area contributed by atoms with E-state index in [0.29, 0.717) is 11.3 Å². The fourth-order valence-electron chi connectivity index (χ4n) is 2.25. The van der Waals surface area contributed by atoms with E-state index < -0.39 is 0 Å². The predicted molar refractivity (Wildman–Crippen MR) is 72.1 cm³/mol. The van der Waals surface area contributed by atoms with Gasteiger partial charge in [-0.25, -0.2) is 0 Å². The molecule has 0 aliphatic heterocycles. The molecule has 1 aliphatic carbocycles. The van der Waals surface area contributed by atoms with Crippen LogP contribution in [0.2, 0.25) is 0 Å². The zero-order valence-corrected chi connectivity index (χ0v) is 10.6. The van der Waals surface area contributed by atoms with Crippen molar-refractivity contribution >= 4 is 23.4 Å². The Morgan fingerprint density at radius 3 is 2.71 bits per heavy atom. The van der Waals surface area contributed by atoms with E-state index in [9.17, 15) is 4.79 Å².